The van der Waals surface area contributed by atoms with E-state index in [1.165, 1.54) is 22.3 Å². The summed E-state index contributed by atoms with van der Waals surface area (Å²) in [6, 6.07) is 45.1. The van der Waals surface area contributed by atoms with Gasteiger partial charge in [0.2, 0.25) is 11.6 Å². The first-order chi connectivity index (χ1) is 39.4. The minimum atomic E-state index is -2.21. The van der Waals surface area contributed by atoms with Gasteiger partial charge in [-0.25, -0.2) is 8.78 Å². The van der Waals surface area contributed by atoms with Gasteiger partial charge in [-0.1, -0.05) is 249 Å². The number of nitrogens with zero attached hydrogens (tertiary/aromatic N) is 2. The summed E-state index contributed by atoms with van der Waals surface area (Å²) in [5, 5.41) is 28.3. The Morgan fingerprint density at radius 1 is 0.371 bits per heavy atom. The van der Waals surface area contributed by atoms with Crippen LogP contribution in [0.2, 0.25) is 0 Å². The average molecular weight is 1370 g/mol. The topological polar surface area (TPSA) is 50.3 Å². The molecule has 6 aromatic carbocycles. The first-order valence-corrected chi connectivity index (χ1v) is 31.4. The third-order valence-electron chi connectivity index (χ3n) is 18.1. The van der Waals surface area contributed by atoms with Crippen molar-refractivity contribution in [2.45, 2.75) is 211 Å². The number of alkyl halides is 2. The van der Waals surface area contributed by atoms with Crippen molar-refractivity contribution < 1.29 is 44.8 Å². The Morgan fingerprint density at radius 3 is 0.820 bits per heavy atom. The SMILES string of the molecule is CC(C)(C)CC(C)(C)C1=CC(F)(n2c3ccc(C(C)(C)C)cc3c3cc(C(C)(C)C)ccc32)C(O)C(c2ccccc2)=C1.CC(C)(C)CC(C)(C)C1=CC(F)(n2c3ccc(C(C)(C)C)cc3c3cc(C(C)(C)C)ccc32)C(O)C(c2ccccc2)=C1.[CH3-].[CH3-].[Hf]. The van der Waals surface area contributed by atoms with Crippen LogP contribution in [0.15, 0.2) is 169 Å². The maximum Gasteiger partial charge on any atom is 0.236 e. The van der Waals surface area contributed by atoms with Crippen LogP contribution in [0.4, 0.5) is 8.78 Å². The van der Waals surface area contributed by atoms with Crippen LogP contribution >= 0.6 is 0 Å². The van der Waals surface area contributed by atoms with E-state index in [0.29, 0.717) is 11.1 Å². The molecule has 476 valence electrons. The summed E-state index contributed by atoms with van der Waals surface area (Å²) in [5.41, 5.74) is 11.8. The number of hydrogen-bond acceptors (Lipinski definition) is 2. The maximum absolute atomic E-state index is 18.4. The maximum atomic E-state index is 18.4. The van der Waals surface area contributed by atoms with Gasteiger partial charge >= 0.3 is 0 Å². The summed E-state index contributed by atoms with van der Waals surface area (Å²) in [7, 11) is 0. The largest absolute Gasteiger partial charge is 0.383 e. The van der Waals surface area contributed by atoms with E-state index in [0.717, 1.165) is 78.7 Å². The summed E-state index contributed by atoms with van der Waals surface area (Å²) in [5.74, 6) is -4.42. The van der Waals surface area contributed by atoms with Gasteiger partial charge < -0.3 is 34.2 Å². The van der Waals surface area contributed by atoms with Crippen LogP contribution in [0.25, 0.3) is 54.8 Å². The molecule has 0 bridgehead atoms. The summed E-state index contributed by atoms with van der Waals surface area (Å²) >= 11 is 0. The van der Waals surface area contributed by atoms with Gasteiger partial charge in [0.15, 0.2) is 0 Å². The van der Waals surface area contributed by atoms with E-state index in [1.54, 1.807) is 21.3 Å². The molecule has 4 nitrogen and oxygen atoms in total. The number of allylic oxidation sites excluding steroid dienone is 4. The van der Waals surface area contributed by atoms with Gasteiger partial charge in [-0.2, -0.15) is 0 Å². The first kappa shape index (κ1) is 72.6. The Bertz CT molecular complexity index is 3590. The smallest absolute Gasteiger partial charge is 0.236 e. The van der Waals surface area contributed by atoms with Crippen molar-refractivity contribution in [3.8, 4) is 0 Å². The summed E-state index contributed by atoms with van der Waals surface area (Å²) in [4.78, 5) is 0. The predicted octanol–water partition coefficient (Wildman–Crippen LogP) is 22.6. The molecule has 0 saturated carbocycles. The molecule has 2 aromatic heterocycles. The van der Waals surface area contributed by atoms with Crippen molar-refractivity contribution in [1.82, 2.24) is 9.13 Å². The summed E-state index contributed by atoms with van der Waals surface area (Å²) in [6.45, 7) is 48.6. The van der Waals surface area contributed by atoms with Gasteiger partial charge in [0.1, 0.15) is 12.2 Å². The number of aliphatic hydroxyl groups excluding tert-OH is 2. The molecule has 8 aromatic rings. The zero-order valence-electron chi connectivity index (χ0n) is 58.6. The second kappa shape index (κ2) is 24.9. The molecule has 0 spiro atoms. The van der Waals surface area contributed by atoms with E-state index in [1.807, 2.05) is 72.8 Å². The average Bonchev–Trinajstić information content (AvgIpc) is 1.66. The van der Waals surface area contributed by atoms with Gasteiger partial charge in [-0.3, -0.25) is 0 Å². The van der Waals surface area contributed by atoms with Crippen LogP contribution in [0.1, 0.15) is 199 Å². The van der Waals surface area contributed by atoms with E-state index in [-0.39, 0.29) is 84.0 Å². The molecule has 2 aliphatic rings. The van der Waals surface area contributed by atoms with Crippen LogP contribution < -0.4 is 0 Å². The molecular formula is C82H106F2HfN2O2-2. The number of hydrogen-bond donors (Lipinski definition) is 2. The quantitative estimate of drug-likeness (QED) is 0.118. The third kappa shape index (κ3) is 14.4. The molecule has 2 heterocycles. The van der Waals surface area contributed by atoms with Crippen LogP contribution in [0.5, 0.6) is 0 Å². The molecular weight excluding hydrogens is 1260 g/mol. The fourth-order valence-electron chi connectivity index (χ4n) is 14.0. The van der Waals surface area contributed by atoms with Gasteiger partial charge in [-0.15, -0.1) is 0 Å². The monoisotopic (exact) mass is 1370 g/mol. The molecule has 0 fully saturated rings. The van der Waals surface area contributed by atoms with E-state index in [9.17, 15) is 10.2 Å². The normalized spacial score (nSPS) is 19.8. The molecule has 2 aliphatic carbocycles. The van der Waals surface area contributed by atoms with Crippen LogP contribution in [-0.2, 0) is 59.1 Å². The molecule has 0 amide bonds. The minimum Gasteiger partial charge on any atom is -0.383 e. The molecule has 7 heteroatoms. The van der Waals surface area contributed by atoms with E-state index >= 15 is 8.78 Å². The standard InChI is InChI=1S/2C40H50FNO.2CH3.Hf/c2*1-36(2,3)25-39(10,11)29-23-30(26-15-13-12-14-16-26)35(43)40(41,24-29)42-33-19-17-27(37(4,5)6)21-31(33)32-22-28(38(7,8)9)18-20-34(32)42;;;/h2*12-24,35,43H,25H2,1-11H3;2*1H3;/q;;2*-1;. The minimum absolute atomic E-state index is 0. The van der Waals surface area contributed by atoms with Gasteiger partial charge in [0.05, 0.1) is 22.1 Å². The van der Waals surface area contributed by atoms with E-state index < -0.39 is 23.8 Å². The van der Waals surface area contributed by atoms with Gasteiger partial charge in [-0.05, 0) is 173 Å². The Kier molecular flexibility index (Phi) is 20.3. The third-order valence-corrected chi connectivity index (χ3v) is 18.1. The van der Waals surface area contributed by atoms with Crippen LogP contribution in [-0.4, -0.2) is 31.6 Å². The number of fused-ring (bicyclic) bond motifs is 6. The molecule has 0 saturated heterocycles. The van der Waals surface area contributed by atoms with Gasteiger partial charge in [0.25, 0.3) is 0 Å². The number of benzene rings is 6. The van der Waals surface area contributed by atoms with Crippen molar-refractivity contribution in [1.29, 1.82) is 0 Å². The van der Waals surface area contributed by atoms with Crippen molar-refractivity contribution in [2.24, 2.45) is 21.7 Å². The first-order valence-electron chi connectivity index (χ1n) is 31.4. The van der Waals surface area contributed by atoms with Crippen LogP contribution in [0.3, 0.4) is 0 Å². The Balaban J connectivity index is 0.000000274. The zero-order valence-corrected chi connectivity index (χ0v) is 62.2. The van der Waals surface area contributed by atoms with Crippen LogP contribution in [0, 0.1) is 36.5 Å². The van der Waals surface area contributed by atoms with Crippen molar-refractivity contribution >= 4 is 54.8 Å². The molecule has 4 atom stereocenters. The van der Waals surface area contributed by atoms with Crippen molar-refractivity contribution in [3.05, 3.63) is 217 Å². The second-order valence-corrected chi connectivity index (χ2v) is 33.2. The fraction of sp³-hybridized carbons (Fsp3) is 0.439. The molecule has 4 unspecified atom stereocenters. The Hall–Kier alpha value is -5.47. The van der Waals surface area contributed by atoms with Gasteiger partial charge in [0, 0.05) is 47.4 Å². The fourth-order valence-corrected chi connectivity index (χ4v) is 14.0. The molecule has 0 radical (unpaired) electrons. The number of halogens is 2. The number of aliphatic hydroxyl groups is 2. The zero-order chi connectivity index (χ0) is 63.5. The number of aromatic nitrogens is 2. The van der Waals surface area contributed by atoms with Crippen molar-refractivity contribution in [3.63, 3.8) is 0 Å². The molecule has 0 aliphatic heterocycles. The summed E-state index contributed by atoms with van der Waals surface area (Å²) < 4.78 is 40.3. The summed E-state index contributed by atoms with van der Waals surface area (Å²) in [6.07, 6.45) is 6.44. The number of rotatable bonds is 8. The molecule has 10 rings (SSSR count). The molecule has 2 N–H and O–H groups in total. The molecule has 89 heavy (non-hydrogen) atoms. The predicted molar refractivity (Wildman–Crippen MR) is 377 cm³/mol. The van der Waals surface area contributed by atoms with E-state index in [4.69, 9.17) is 0 Å². The Labute approximate surface area is 554 Å². The van der Waals surface area contributed by atoms with E-state index in [2.05, 4.69) is 225 Å². The Morgan fingerprint density at radius 2 is 0.607 bits per heavy atom. The van der Waals surface area contributed by atoms with Crippen molar-refractivity contribution in [2.75, 3.05) is 0 Å². The second-order valence-electron chi connectivity index (χ2n) is 33.2.